The van der Waals surface area contributed by atoms with E-state index < -0.39 is 51.4 Å². The van der Waals surface area contributed by atoms with Crippen LogP contribution in [0.15, 0.2) is 0 Å². The molecule has 0 spiro atoms. The maximum atomic E-state index is 14.1. The predicted molar refractivity (Wildman–Crippen MR) is 82.1 cm³/mol. The molecule has 1 saturated heterocycles. The van der Waals surface area contributed by atoms with Crippen LogP contribution in [-0.2, 0) is 24.2 Å². The Balaban J connectivity index is 3.21. The highest BCUT2D eigenvalue weighted by molar-refractivity contribution is 7.90. The molecule has 0 aromatic heterocycles. The number of hydrogen-bond donors (Lipinski definition) is 0. The van der Waals surface area contributed by atoms with Crippen LogP contribution in [0.25, 0.3) is 0 Å². The summed E-state index contributed by atoms with van der Waals surface area (Å²) in [6, 6.07) is 0. The first kappa shape index (κ1) is 26.6. The molecule has 16 heteroatoms. The van der Waals surface area contributed by atoms with E-state index >= 15 is 0 Å². The summed E-state index contributed by atoms with van der Waals surface area (Å²) in [4.78, 5) is 0. The minimum atomic E-state index is -6.60. The second-order valence-corrected chi connectivity index (χ2v) is 9.29. The molecule has 0 bridgehead atoms. The average molecular weight is 488 g/mol. The normalized spacial score (nSPS) is 22.5. The standard InChI is InChI=1S/C13H18ClF8NO5S/c1-7(2)6-26-8-5-23(9(3,4)27-8)29(24,25)13(21,22)12(19,20)28-11(17,18)10(14,15)16/h7-8H,5-6H2,1-4H3. The Bertz CT molecular complexity index is 698. The van der Waals surface area contributed by atoms with Crippen LogP contribution in [0.1, 0.15) is 27.7 Å². The molecule has 0 saturated carbocycles. The van der Waals surface area contributed by atoms with E-state index in [1.165, 1.54) is 0 Å². The fourth-order valence-corrected chi connectivity index (χ4v) is 3.71. The molecule has 0 N–H and O–H groups in total. The van der Waals surface area contributed by atoms with Gasteiger partial charge in [0.15, 0.2) is 6.29 Å². The molecule has 174 valence electrons. The Morgan fingerprint density at radius 1 is 1.10 bits per heavy atom. The van der Waals surface area contributed by atoms with Crippen molar-refractivity contribution in [3.63, 3.8) is 0 Å². The van der Waals surface area contributed by atoms with Crippen LogP contribution in [0, 0.1) is 5.92 Å². The molecule has 1 atom stereocenters. The van der Waals surface area contributed by atoms with Crippen molar-refractivity contribution in [2.45, 2.75) is 62.6 Å². The molecule has 1 heterocycles. The quantitative estimate of drug-likeness (QED) is 0.363. The second-order valence-electron chi connectivity index (χ2n) is 6.91. The summed E-state index contributed by atoms with van der Waals surface area (Å²) >= 11 is 3.86. The molecule has 0 radical (unpaired) electrons. The van der Waals surface area contributed by atoms with Gasteiger partial charge in [0, 0.05) is 0 Å². The van der Waals surface area contributed by atoms with E-state index in [1.54, 1.807) is 13.8 Å². The third-order valence-corrected chi connectivity index (χ3v) is 5.76. The second kappa shape index (κ2) is 7.89. The van der Waals surface area contributed by atoms with Crippen LogP contribution in [-0.4, -0.2) is 60.7 Å². The molecule has 1 fully saturated rings. The highest BCUT2D eigenvalue weighted by Crippen LogP contribution is 2.50. The van der Waals surface area contributed by atoms with Gasteiger partial charge in [-0.2, -0.15) is 39.4 Å². The molecule has 6 nitrogen and oxygen atoms in total. The number of sulfonamides is 1. The predicted octanol–water partition coefficient (Wildman–Crippen LogP) is 4.01. The van der Waals surface area contributed by atoms with Crippen molar-refractivity contribution in [2.24, 2.45) is 5.92 Å². The van der Waals surface area contributed by atoms with Gasteiger partial charge in [-0.15, -0.1) is 0 Å². The Morgan fingerprint density at radius 2 is 1.59 bits per heavy atom. The van der Waals surface area contributed by atoms with Crippen molar-refractivity contribution < 1.29 is 57.8 Å². The van der Waals surface area contributed by atoms with E-state index in [4.69, 9.17) is 9.47 Å². The average Bonchev–Trinajstić information content (AvgIpc) is 2.77. The fraction of sp³-hybridized carbons (Fsp3) is 1.00. The molecular weight excluding hydrogens is 470 g/mol. The lowest BCUT2D eigenvalue weighted by atomic mass is 10.2. The number of ether oxygens (including phenoxy) is 3. The number of rotatable bonds is 9. The third-order valence-electron chi connectivity index (χ3n) is 3.49. The lowest BCUT2D eigenvalue weighted by molar-refractivity contribution is -0.443. The Kier molecular flexibility index (Phi) is 7.23. The van der Waals surface area contributed by atoms with E-state index in [-0.39, 0.29) is 16.8 Å². The van der Waals surface area contributed by atoms with Gasteiger partial charge in [0.25, 0.3) is 10.0 Å². The maximum Gasteiger partial charge on any atom is 0.449 e. The monoisotopic (exact) mass is 487 g/mol. The zero-order chi connectivity index (χ0) is 23.3. The smallest absolute Gasteiger partial charge is 0.351 e. The zero-order valence-electron chi connectivity index (χ0n) is 15.4. The molecule has 1 rings (SSSR count). The summed E-state index contributed by atoms with van der Waals surface area (Å²) in [5.41, 5.74) is -2.17. The van der Waals surface area contributed by atoms with Crippen LogP contribution in [0.2, 0.25) is 0 Å². The molecule has 0 aliphatic carbocycles. The summed E-state index contributed by atoms with van der Waals surface area (Å²) in [6.07, 6.45) is -14.4. The highest BCUT2D eigenvalue weighted by atomic mass is 35.5. The first-order chi connectivity index (χ1) is 12.6. The van der Waals surface area contributed by atoms with Gasteiger partial charge < -0.3 is 9.47 Å². The number of halogens is 9. The maximum absolute atomic E-state index is 14.1. The minimum Gasteiger partial charge on any atom is -0.351 e. The molecule has 1 aliphatic rings. The topological polar surface area (TPSA) is 65.1 Å². The molecule has 1 aliphatic heterocycles. The summed E-state index contributed by atoms with van der Waals surface area (Å²) < 4.78 is 143. The van der Waals surface area contributed by atoms with Gasteiger partial charge >= 0.3 is 22.9 Å². The van der Waals surface area contributed by atoms with Gasteiger partial charge in [-0.1, -0.05) is 13.8 Å². The number of hydrogen-bond acceptors (Lipinski definition) is 5. The van der Waals surface area contributed by atoms with Crippen molar-refractivity contribution in [2.75, 3.05) is 13.2 Å². The van der Waals surface area contributed by atoms with Crippen LogP contribution in [0.3, 0.4) is 0 Å². The van der Waals surface area contributed by atoms with E-state index in [2.05, 4.69) is 16.3 Å². The summed E-state index contributed by atoms with van der Waals surface area (Å²) in [5, 5.41) is -12.2. The van der Waals surface area contributed by atoms with E-state index in [1.807, 2.05) is 0 Å². The highest BCUT2D eigenvalue weighted by Gasteiger charge is 2.76. The molecular formula is C13H18ClF8NO5S. The summed E-state index contributed by atoms with van der Waals surface area (Å²) in [6.45, 7) is 4.16. The van der Waals surface area contributed by atoms with Crippen molar-refractivity contribution in [3.8, 4) is 0 Å². The zero-order valence-corrected chi connectivity index (χ0v) is 16.9. The first-order valence-electron chi connectivity index (χ1n) is 7.80. The molecule has 29 heavy (non-hydrogen) atoms. The van der Waals surface area contributed by atoms with Crippen LogP contribution in [0.4, 0.5) is 35.1 Å². The fourth-order valence-electron chi connectivity index (χ4n) is 2.11. The van der Waals surface area contributed by atoms with Gasteiger partial charge in [-0.05, 0) is 31.4 Å². The molecule has 0 aromatic carbocycles. The van der Waals surface area contributed by atoms with Crippen LogP contribution < -0.4 is 0 Å². The largest absolute Gasteiger partial charge is 0.449 e. The van der Waals surface area contributed by atoms with E-state index in [0.29, 0.717) is 0 Å². The van der Waals surface area contributed by atoms with Crippen molar-refractivity contribution in [1.29, 1.82) is 0 Å². The number of nitrogens with zero attached hydrogens (tertiary/aromatic N) is 1. The summed E-state index contributed by atoms with van der Waals surface area (Å²) in [7, 11) is -6.49. The van der Waals surface area contributed by atoms with Gasteiger partial charge in [0.1, 0.15) is 5.72 Å². The van der Waals surface area contributed by atoms with Crippen LogP contribution >= 0.6 is 11.6 Å². The molecule has 0 aromatic rings. The van der Waals surface area contributed by atoms with E-state index in [9.17, 15) is 43.5 Å². The SMILES string of the molecule is CC(C)COC1CN(S(=O)(=O)C(F)(F)C(F)(F)OC(F)(F)C(F)(F)Cl)C(C)(C)O1. The first-order valence-corrected chi connectivity index (χ1v) is 9.62. The van der Waals surface area contributed by atoms with Crippen molar-refractivity contribution in [3.05, 3.63) is 0 Å². The number of alkyl halides is 9. The van der Waals surface area contributed by atoms with Gasteiger partial charge in [-0.3, -0.25) is 0 Å². The van der Waals surface area contributed by atoms with Gasteiger partial charge in [0.2, 0.25) is 0 Å². The third kappa shape index (κ3) is 5.23. The van der Waals surface area contributed by atoms with Gasteiger partial charge in [0.05, 0.1) is 13.2 Å². The molecule has 1 unspecified atom stereocenters. The van der Waals surface area contributed by atoms with Crippen molar-refractivity contribution >= 4 is 21.6 Å². The van der Waals surface area contributed by atoms with E-state index in [0.717, 1.165) is 13.8 Å². The Hall–Kier alpha value is -0.480. The Labute approximate surface area is 166 Å². The lowest BCUT2D eigenvalue weighted by Gasteiger charge is -2.35. The van der Waals surface area contributed by atoms with Gasteiger partial charge in [-0.25, -0.2) is 13.2 Å². The Morgan fingerprint density at radius 3 is 2.00 bits per heavy atom. The van der Waals surface area contributed by atoms with Crippen molar-refractivity contribution in [1.82, 2.24) is 4.31 Å². The van der Waals surface area contributed by atoms with Crippen LogP contribution in [0.5, 0.6) is 0 Å². The lowest BCUT2D eigenvalue weighted by Crippen LogP contribution is -2.60. The molecule has 0 amide bonds. The summed E-state index contributed by atoms with van der Waals surface area (Å²) in [5.74, 6) is -0.0917. The minimum absolute atomic E-state index is 0.0126.